The Hall–Kier alpha value is -2.11. The largest absolute Gasteiger partial charge is 0.469 e. The maximum atomic E-state index is 12.2. The van der Waals surface area contributed by atoms with Crippen molar-refractivity contribution in [3.8, 4) is 0 Å². The number of hydrogen-bond donors (Lipinski definition) is 1. The van der Waals surface area contributed by atoms with Gasteiger partial charge in [-0.3, -0.25) is 9.69 Å². The number of piperazine rings is 1. The van der Waals surface area contributed by atoms with Gasteiger partial charge in [0.25, 0.3) is 5.91 Å². The predicted octanol–water partition coefficient (Wildman–Crippen LogP) is 2.31. The fourth-order valence-corrected chi connectivity index (χ4v) is 3.24. The van der Waals surface area contributed by atoms with Crippen molar-refractivity contribution in [1.82, 2.24) is 15.1 Å². The molecule has 1 atom stereocenters. The minimum atomic E-state index is -0.0633. The summed E-state index contributed by atoms with van der Waals surface area (Å²) in [6.07, 6.45) is 1.55. The minimum absolute atomic E-state index is 0.0633. The van der Waals surface area contributed by atoms with Crippen molar-refractivity contribution >= 4 is 5.91 Å². The van der Waals surface area contributed by atoms with Crippen LogP contribution in [0.15, 0.2) is 47.1 Å². The first-order chi connectivity index (χ1) is 11.6. The van der Waals surface area contributed by atoms with E-state index < -0.39 is 0 Å². The highest BCUT2D eigenvalue weighted by Crippen LogP contribution is 2.24. The molecular formula is C19H25N3O2. The van der Waals surface area contributed by atoms with E-state index in [1.165, 1.54) is 5.56 Å². The van der Waals surface area contributed by atoms with Gasteiger partial charge in [-0.05, 0) is 25.6 Å². The van der Waals surface area contributed by atoms with E-state index in [0.29, 0.717) is 23.9 Å². The van der Waals surface area contributed by atoms with Crippen LogP contribution in [0.25, 0.3) is 0 Å². The normalized spacial score (nSPS) is 19.3. The van der Waals surface area contributed by atoms with Crippen molar-refractivity contribution in [2.45, 2.75) is 13.0 Å². The summed E-state index contributed by atoms with van der Waals surface area (Å²) in [7, 11) is 2.16. The molecule has 1 N–H and O–H groups in total. The third-order valence-corrected chi connectivity index (χ3v) is 4.67. The molecule has 0 radical (unpaired) electrons. The van der Waals surface area contributed by atoms with E-state index in [4.69, 9.17) is 4.42 Å². The molecule has 1 aromatic carbocycles. The van der Waals surface area contributed by atoms with E-state index in [2.05, 4.69) is 46.4 Å². The van der Waals surface area contributed by atoms with E-state index >= 15 is 0 Å². The van der Waals surface area contributed by atoms with Gasteiger partial charge in [-0.1, -0.05) is 30.3 Å². The Morgan fingerprint density at radius 2 is 2.04 bits per heavy atom. The number of aryl methyl sites for hydroxylation is 1. The van der Waals surface area contributed by atoms with Gasteiger partial charge in [-0.15, -0.1) is 0 Å². The molecule has 24 heavy (non-hydrogen) atoms. The predicted molar refractivity (Wildman–Crippen MR) is 94.0 cm³/mol. The molecular weight excluding hydrogens is 302 g/mol. The van der Waals surface area contributed by atoms with Crippen LogP contribution in [0.5, 0.6) is 0 Å². The molecule has 0 unspecified atom stereocenters. The molecule has 0 aliphatic carbocycles. The van der Waals surface area contributed by atoms with Crippen LogP contribution in [0, 0.1) is 6.92 Å². The van der Waals surface area contributed by atoms with Crippen LogP contribution in [0.1, 0.15) is 27.7 Å². The second-order valence-electron chi connectivity index (χ2n) is 6.37. The minimum Gasteiger partial charge on any atom is -0.469 e. The van der Waals surface area contributed by atoms with Crippen molar-refractivity contribution in [3.05, 3.63) is 59.5 Å². The Morgan fingerprint density at radius 1 is 1.25 bits per heavy atom. The third-order valence-electron chi connectivity index (χ3n) is 4.67. The second kappa shape index (κ2) is 7.64. The van der Waals surface area contributed by atoms with Crippen molar-refractivity contribution < 1.29 is 9.21 Å². The van der Waals surface area contributed by atoms with E-state index in [9.17, 15) is 4.79 Å². The molecule has 1 aromatic heterocycles. The molecule has 1 amide bonds. The average molecular weight is 327 g/mol. The number of carbonyl (C=O) groups excluding carboxylic acids is 1. The smallest absolute Gasteiger partial charge is 0.254 e. The molecule has 3 rings (SSSR count). The Morgan fingerprint density at radius 3 is 2.75 bits per heavy atom. The number of furan rings is 1. The highest BCUT2D eigenvalue weighted by Gasteiger charge is 2.26. The molecule has 1 fully saturated rings. The summed E-state index contributed by atoms with van der Waals surface area (Å²) in [5, 5.41) is 3.00. The summed E-state index contributed by atoms with van der Waals surface area (Å²) < 4.78 is 5.19. The SMILES string of the molecule is Cc1occc1C(=O)NCCN1CCN(C)C[C@H]1c1ccccc1. The van der Waals surface area contributed by atoms with Gasteiger partial charge in [-0.25, -0.2) is 0 Å². The molecule has 5 nitrogen and oxygen atoms in total. The first kappa shape index (κ1) is 16.7. The number of rotatable bonds is 5. The summed E-state index contributed by atoms with van der Waals surface area (Å²) >= 11 is 0. The fourth-order valence-electron chi connectivity index (χ4n) is 3.24. The highest BCUT2D eigenvalue weighted by molar-refractivity contribution is 5.94. The number of nitrogens with one attached hydrogen (secondary N) is 1. The highest BCUT2D eigenvalue weighted by atomic mass is 16.3. The zero-order valence-corrected chi connectivity index (χ0v) is 14.4. The van der Waals surface area contributed by atoms with E-state index in [-0.39, 0.29) is 5.91 Å². The molecule has 2 aromatic rings. The fraction of sp³-hybridized carbons (Fsp3) is 0.421. The lowest BCUT2D eigenvalue weighted by Gasteiger charge is -2.40. The molecule has 0 bridgehead atoms. The number of hydrogen-bond acceptors (Lipinski definition) is 4. The van der Waals surface area contributed by atoms with Gasteiger partial charge in [0.15, 0.2) is 0 Å². The van der Waals surface area contributed by atoms with Crippen molar-refractivity contribution in [2.75, 3.05) is 39.8 Å². The van der Waals surface area contributed by atoms with Gasteiger partial charge in [0.2, 0.25) is 0 Å². The Kier molecular flexibility index (Phi) is 5.33. The quantitative estimate of drug-likeness (QED) is 0.915. The zero-order chi connectivity index (χ0) is 16.9. The summed E-state index contributed by atoms with van der Waals surface area (Å²) in [6.45, 7) is 6.36. The van der Waals surface area contributed by atoms with Gasteiger partial charge < -0.3 is 14.6 Å². The van der Waals surface area contributed by atoms with Gasteiger partial charge >= 0.3 is 0 Å². The summed E-state index contributed by atoms with van der Waals surface area (Å²) in [4.78, 5) is 17.0. The van der Waals surface area contributed by atoms with Gasteiger partial charge in [0, 0.05) is 38.8 Å². The molecule has 1 saturated heterocycles. The van der Waals surface area contributed by atoms with Crippen molar-refractivity contribution in [2.24, 2.45) is 0 Å². The number of likely N-dealkylation sites (N-methyl/N-ethyl adjacent to an activating group) is 1. The molecule has 1 aliphatic rings. The Balaban J connectivity index is 1.58. The van der Waals surface area contributed by atoms with Crippen molar-refractivity contribution in [3.63, 3.8) is 0 Å². The molecule has 5 heteroatoms. The van der Waals surface area contributed by atoms with E-state index in [1.54, 1.807) is 19.3 Å². The third kappa shape index (κ3) is 3.86. The van der Waals surface area contributed by atoms with Crippen LogP contribution < -0.4 is 5.32 Å². The maximum absolute atomic E-state index is 12.2. The first-order valence-corrected chi connectivity index (χ1v) is 8.45. The molecule has 0 saturated carbocycles. The van der Waals surface area contributed by atoms with Crippen LogP contribution in [0.4, 0.5) is 0 Å². The molecule has 0 spiro atoms. The first-order valence-electron chi connectivity index (χ1n) is 8.45. The van der Waals surface area contributed by atoms with E-state index in [0.717, 1.165) is 26.2 Å². The summed E-state index contributed by atoms with van der Waals surface area (Å²) in [5.74, 6) is 0.598. The summed E-state index contributed by atoms with van der Waals surface area (Å²) in [5.41, 5.74) is 1.95. The lowest BCUT2D eigenvalue weighted by Crippen LogP contribution is -2.49. The second-order valence-corrected chi connectivity index (χ2v) is 6.37. The lowest BCUT2D eigenvalue weighted by molar-refractivity contribution is 0.0842. The van der Waals surface area contributed by atoms with Crippen LogP contribution in [-0.2, 0) is 0 Å². The lowest BCUT2D eigenvalue weighted by atomic mass is 10.0. The van der Waals surface area contributed by atoms with E-state index in [1.807, 2.05) is 6.07 Å². The van der Waals surface area contributed by atoms with Crippen LogP contribution in [-0.4, -0.2) is 55.5 Å². The number of amides is 1. The monoisotopic (exact) mass is 327 g/mol. The Labute approximate surface area is 143 Å². The standard InChI is InChI=1S/C19H25N3O2/c1-15-17(8-13-24-15)19(23)20-9-10-22-12-11-21(2)14-18(22)16-6-4-3-5-7-16/h3-8,13,18H,9-12,14H2,1-2H3,(H,20,23)/t18-/m0/s1. The number of benzene rings is 1. The molecule has 128 valence electrons. The molecule has 1 aliphatic heterocycles. The topological polar surface area (TPSA) is 48.7 Å². The van der Waals surface area contributed by atoms with Crippen LogP contribution in [0.2, 0.25) is 0 Å². The Bertz CT molecular complexity index is 668. The number of nitrogens with zero attached hydrogens (tertiary/aromatic N) is 2. The van der Waals surface area contributed by atoms with Crippen LogP contribution >= 0.6 is 0 Å². The van der Waals surface area contributed by atoms with Gasteiger partial charge in [0.1, 0.15) is 5.76 Å². The number of carbonyl (C=O) groups is 1. The zero-order valence-electron chi connectivity index (χ0n) is 14.4. The average Bonchev–Trinajstić information content (AvgIpc) is 3.03. The van der Waals surface area contributed by atoms with Gasteiger partial charge in [-0.2, -0.15) is 0 Å². The van der Waals surface area contributed by atoms with Gasteiger partial charge in [0.05, 0.1) is 11.8 Å². The van der Waals surface area contributed by atoms with Crippen molar-refractivity contribution in [1.29, 1.82) is 0 Å². The van der Waals surface area contributed by atoms with Crippen LogP contribution in [0.3, 0.4) is 0 Å². The molecule has 2 heterocycles. The summed E-state index contributed by atoms with van der Waals surface area (Å²) in [6, 6.07) is 12.7. The maximum Gasteiger partial charge on any atom is 0.254 e.